The molecule has 0 unspecified atom stereocenters. The molecule has 0 spiro atoms. The number of pyridine rings is 1. The van der Waals surface area contributed by atoms with Crippen molar-refractivity contribution in [2.75, 3.05) is 42.5 Å². The maximum Gasteiger partial charge on any atom is 0.410 e. The second kappa shape index (κ2) is 8.61. The van der Waals surface area contributed by atoms with Gasteiger partial charge in [-0.15, -0.1) is 0 Å². The Labute approximate surface area is 204 Å². The lowest BCUT2D eigenvalue weighted by atomic mass is 10.1. The van der Waals surface area contributed by atoms with Crippen molar-refractivity contribution in [3.8, 4) is 5.82 Å². The van der Waals surface area contributed by atoms with Gasteiger partial charge in [0.05, 0.1) is 11.1 Å². The molecule has 0 radical (unpaired) electrons. The van der Waals surface area contributed by atoms with E-state index in [1.807, 2.05) is 38.3 Å². The average molecular weight is 484 g/mol. The first-order valence-electron chi connectivity index (χ1n) is 11.7. The lowest BCUT2D eigenvalue weighted by molar-refractivity contribution is 0.0159. The van der Waals surface area contributed by atoms with Crippen LogP contribution in [0.1, 0.15) is 34.1 Å². The molecule has 0 aromatic carbocycles. The summed E-state index contributed by atoms with van der Waals surface area (Å²) in [5.41, 5.74) is 1.38. The van der Waals surface area contributed by atoms with Crippen molar-refractivity contribution in [2.24, 2.45) is 0 Å². The summed E-state index contributed by atoms with van der Waals surface area (Å²) < 4.78 is 7.60. The molecule has 0 saturated carbocycles. The van der Waals surface area contributed by atoms with Crippen molar-refractivity contribution in [1.82, 2.24) is 24.4 Å². The molecule has 2 aliphatic rings. The minimum absolute atomic E-state index is 0.0160. The van der Waals surface area contributed by atoms with Crippen LogP contribution in [0.2, 0.25) is 5.02 Å². The molecule has 0 aliphatic carbocycles. The van der Waals surface area contributed by atoms with E-state index in [-0.39, 0.29) is 12.1 Å². The summed E-state index contributed by atoms with van der Waals surface area (Å²) in [5, 5.41) is 1.63. The van der Waals surface area contributed by atoms with Gasteiger partial charge in [-0.05, 0) is 40.2 Å². The molecule has 5 rings (SSSR count). The monoisotopic (exact) mass is 483 g/mol. The van der Waals surface area contributed by atoms with E-state index in [9.17, 15) is 4.79 Å². The number of hydrogen-bond donors (Lipinski definition) is 0. The van der Waals surface area contributed by atoms with Crippen LogP contribution in [0.25, 0.3) is 16.9 Å². The van der Waals surface area contributed by atoms with Crippen LogP contribution in [0, 0.1) is 0 Å². The maximum atomic E-state index is 12.7. The molecular weight excluding hydrogens is 454 g/mol. The SMILES string of the molecule is C[C@@H]1CN(c2ncnc3c2c(N2CCC2)cn3-c2cc(Cl)ccn2)CCN1C(=O)OC(C)(C)C. The minimum Gasteiger partial charge on any atom is -0.444 e. The first-order valence-corrected chi connectivity index (χ1v) is 12.1. The number of hydrogen-bond acceptors (Lipinski definition) is 7. The summed E-state index contributed by atoms with van der Waals surface area (Å²) in [6, 6.07) is 3.58. The Morgan fingerprint density at radius 1 is 1.12 bits per heavy atom. The fourth-order valence-corrected chi connectivity index (χ4v) is 4.66. The number of halogens is 1. The normalized spacial score (nSPS) is 18.9. The van der Waals surface area contributed by atoms with E-state index in [1.165, 1.54) is 0 Å². The quantitative estimate of drug-likeness (QED) is 0.554. The van der Waals surface area contributed by atoms with Crippen LogP contribution in [0.3, 0.4) is 0 Å². The van der Waals surface area contributed by atoms with Gasteiger partial charge in [0.2, 0.25) is 0 Å². The number of carbonyl (C=O) groups is 1. The molecule has 0 bridgehead atoms. The topological polar surface area (TPSA) is 79.6 Å². The van der Waals surface area contributed by atoms with E-state index in [1.54, 1.807) is 23.5 Å². The molecule has 0 N–H and O–H groups in total. The molecule has 10 heteroatoms. The van der Waals surface area contributed by atoms with Crippen molar-refractivity contribution in [3.05, 3.63) is 35.9 Å². The van der Waals surface area contributed by atoms with Crippen LogP contribution in [0.15, 0.2) is 30.9 Å². The van der Waals surface area contributed by atoms with Gasteiger partial charge in [-0.1, -0.05) is 11.6 Å². The molecule has 1 atom stereocenters. The molecule has 2 saturated heterocycles. The van der Waals surface area contributed by atoms with Crippen LogP contribution in [-0.4, -0.2) is 74.9 Å². The number of piperazine rings is 1. The molecule has 5 heterocycles. The van der Waals surface area contributed by atoms with E-state index in [0.29, 0.717) is 24.7 Å². The van der Waals surface area contributed by atoms with Gasteiger partial charge in [0.15, 0.2) is 5.65 Å². The Morgan fingerprint density at radius 3 is 2.56 bits per heavy atom. The minimum atomic E-state index is -0.518. The van der Waals surface area contributed by atoms with Gasteiger partial charge in [0.25, 0.3) is 0 Å². The van der Waals surface area contributed by atoms with E-state index in [4.69, 9.17) is 21.3 Å². The first-order chi connectivity index (χ1) is 16.2. The zero-order chi connectivity index (χ0) is 24.0. The van der Waals surface area contributed by atoms with E-state index >= 15 is 0 Å². The Morgan fingerprint density at radius 2 is 1.91 bits per heavy atom. The second-order valence-corrected chi connectivity index (χ2v) is 10.4. The van der Waals surface area contributed by atoms with E-state index in [2.05, 4.69) is 26.0 Å². The number of aromatic nitrogens is 4. The highest BCUT2D eigenvalue weighted by molar-refractivity contribution is 6.30. The molecule has 180 valence electrons. The largest absolute Gasteiger partial charge is 0.444 e. The molecule has 2 fully saturated rings. The van der Waals surface area contributed by atoms with Gasteiger partial charge in [-0.2, -0.15) is 0 Å². The van der Waals surface area contributed by atoms with Crippen LogP contribution in [0.4, 0.5) is 16.3 Å². The highest BCUT2D eigenvalue weighted by atomic mass is 35.5. The zero-order valence-corrected chi connectivity index (χ0v) is 20.8. The number of carbonyl (C=O) groups excluding carboxylic acids is 1. The van der Waals surface area contributed by atoms with Crippen molar-refractivity contribution < 1.29 is 9.53 Å². The molecular formula is C24H30ClN7O2. The van der Waals surface area contributed by atoms with Crippen LogP contribution >= 0.6 is 11.6 Å². The third-order valence-corrected chi connectivity index (χ3v) is 6.48. The Bertz CT molecular complexity index is 1220. The first kappa shape index (κ1) is 22.7. The smallest absolute Gasteiger partial charge is 0.410 e. The standard InChI is InChI=1S/C24H30ClN7O2/c1-16-13-30(10-11-31(16)23(33)34-24(2,3)4)21-20-18(29-8-5-9-29)14-32(22(20)28-15-27-21)19-12-17(25)6-7-26-19/h6-7,12,14-16H,5,8-11,13H2,1-4H3/t16-/m1/s1. The predicted octanol–water partition coefficient (Wildman–Crippen LogP) is 4.12. The summed E-state index contributed by atoms with van der Waals surface area (Å²) >= 11 is 6.25. The van der Waals surface area contributed by atoms with Gasteiger partial charge in [0.1, 0.15) is 23.6 Å². The third kappa shape index (κ3) is 4.24. The number of amides is 1. The average Bonchev–Trinajstić information content (AvgIpc) is 3.10. The maximum absolute atomic E-state index is 12.7. The Balaban J connectivity index is 1.50. The zero-order valence-electron chi connectivity index (χ0n) is 20.0. The van der Waals surface area contributed by atoms with E-state index in [0.717, 1.165) is 47.9 Å². The summed E-state index contributed by atoms with van der Waals surface area (Å²) in [6.07, 6.45) is 6.28. The highest BCUT2D eigenvalue weighted by Crippen LogP contribution is 2.38. The number of ether oxygens (including phenoxy) is 1. The number of anilines is 2. The molecule has 3 aromatic rings. The van der Waals surface area contributed by atoms with Crippen molar-refractivity contribution >= 4 is 40.2 Å². The Hall–Kier alpha value is -3.07. The highest BCUT2D eigenvalue weighted by Gasteiger charge is 2.33. The summed E-state index contributed by atoms with van der Waals surface area (Å²) in [5.74, 6) is 1.60. The number of fused-ring (bicyclic) bond motifs is 1. The lowest BCUT2D eigenvalue weighted by Gasteiger charge is -2.41. The van der Waals surface area contributed by atoms with Crippen LogP contribution in [0.5, 0.6) is 0 Å². The molecule has 34 heavy (non-hydrogen) atoms. The van der Waals surface area contributed by atoms with Gasteiger partial charge < -0.3 is 19.4 Å². The number of rotatable bonds is 3. The summed E-state index contributed by atoms with van der Waals surface area (Å²) in [4.78, 5) is 32.9. The lowest BCUT2D eigenvalue weighted by Crippen LogP contribution is -2.55. The second-order valence-electron chi connectivity index (χ2n) is 9.92. The van der Waals surface area contributed by atoms with Crippen LogP contribution < -0.4 is 9.80 Å². The van der Waals surface area contributed by atoms with Gasteiger partial charge in [-0.3, -0.25) is 4.57 Å². The molecule has 1 amide bonds. The Kier molecular flexibility index (Phi) is 5.75. The van der Waals surface area contributed by atoms with Crippen LogP contribution in [-0.2, 0) is 4.74 Å². The third-order valence-electron chi connectivity index (χ3n) is 6.25. The van der Waals surface area contributed by atoms with Gasteiger partial charge in [-0.25, -0.2) is 19.7 Å². The number of nitrogens with zero attached hydrogens (tertiary/aromatic N) is 7. The van der Waals surface area contributed by atoms with Crippen molar-refractivity contribution in [1.29, 1.82) is 0 Å². The van der Waals surface area contributed by atoms with Gasteiger partial charge >= 0.3 is 6.09 Å². The fraction of sp³-hybridized carbons (Fsp3) is 0.500. The van der Waals surface area contributed by atoms with Crippen molar-refractivity contribution in [2.45, 2.75) is 45.8 Å². The summed E-state index contributed by atoms with van der Waals surface area (Å²) in [6.45, 7) is 11.6. The summed E-state index contributed by atoms with van der Waals surface area (Å²) in [7, 11) is 0. The van der Waals surface area contributed by atoms with Crippen molar-refractivity contribution in [3.63, 3.8) is 0 Å². The molecule has 2 aliphatic heterocycles. The predicted molar refractivity (Wildman–Crippen MR) is 133 cm³/mol. The van der Waals surface area contributed by atoms with Gasteiger partial charge in [0, 0.05) is 62.2 Å². The molecule has 3 aromatic heterocycles. The fourth-order valence-electron chi connectivity index (χ4n) is 4.51. The molecule has 9 nitrogen and oxygen atoms in total. The van der Waals surface area contributed by atoms with E-state index < -0.39 is 5.60 Å².